The third-order valence-electron chi connectivity index (χ3n) is 4.27. The lowest BCUT2D eigenvalue weighted by Crippen LogP contribution is -2.24. The zero-order valence-corrected chi connectivity index (χ0v) is 18.6. The molecule has 28 heavy (non-hydrogen) atoms. The molecule has 0 aliphatic heterocycles. The van der Waals surface area contributed by atoms with Crippen LogP contribution in [0.3, 0.4) is 0 Å². The molecule has 1 atom stereocenters. The maximum atomic E-state index is 12.5. The van der Waals surface area contributed by atoms with E-state index in [1.165, 1.54) is 19.3 Å². The Labute approximate surface area is 182 Å². The van der Waals surface area contributed by atoms with E-state index < -0.39 is 21.6 Å². The van der Waals surface area contributed by atoms with Crippen LogP contribution in [0.15, 0.2) is 30.3 Å². The lowest BCUT2D eigenvalue weighted by molar-refractivity contribution is -0.156. The van der Waals surface area contributed by atoms with Crippen molar-refractivity contribution in [3.63, 3.8) is 0 Å². The van der Waals surface area contributed by atoms with Crippen LogP contribution in [0.2, 0.25) is 0 Å². The summed E-state index contributed by atoms with van der Waals surface area (Å²) in [6.07, 6.45) is 7.07. The van der Waals surface area contributed by atoms with Gasteiger partial charge in [0.2, 0.25) is 3.79 Å². The molecule has 0 unspecified atom stereocenters. The Kier molecular flexibility index (Phi) is 12.6. The van der Waals surface area contributed by atoms with Crippen molar-refractivity contribution in [2.24, 2.45) is 5.92 Å². The van der Waals surface area contributed by atoms with Crippen LogP contribution in [0.5, 0.6) is 0 Å². The summed E-state index contributed by atoms with van der Waals surface area (Å²) in [5.41, 5.74) is 0.896. The summed E-state index contributed by atoms with van der Waals surface area (Å²) in [5, 5.41) is 0. The lowest BCUT2D eigenvalue weighted by atomic mass is 9.97. The molecule has 1 aromatic carbocycles. The van der Waals surface area contributed by atoms with E-state index in [2.05, 4.69) is 6.92 Å². The summed E-state index contributed by atoms with van der Waals surface area (Å²) in [6, 6.07) is 9.42. The number of benzene rings is 1. The van der Waals surface area contributed by atoms with Gasteiger partial charge in [-0.1, -0.05) is 111 Å². The Morgan fingerprint density at radius 1 is 0.964 bits per heavy atom. The largest absolute Gasteiger partial charge is 0.461 e. The Hall–Kier alpha value is -0.970. The molecule has 0 aliphatic rings. The van der Waals surface area contributed by atoms with Gasteiger partial charge in [-0.2, -0.15) is 0 Å². The fraction of sp³-hybridized carbons (Fsp3) is 0.619. The normalized spacial score (nSPS) is 12.4. The quantitative estimate of drug-likeness (QED) is 0.198. The first-order chi connectivity index (χ1) is 13.3. The van der Waals surface area contributed by atoms with Crippen molar-refractivity contribution in [2.75, 3.05) is 6.61 Å². The molecule has 0 amide bonds. The van der Waals surface area contributed by atoms with Gasteiger partial charge in [-0.25, -0.2) is 0 Å². The molecule has 4 nitrogen and oxygen atoms in total. The minimum absolute atomic E-state index is 0.0800. The predicted octanol–water partition coefficient (Wildman–Crippen LogP) is 6.40. The summed E-state index contributed by atoms with van der Waals surface area (Å²) >= 11 is 16.8. The summed E-state index contributed by atoms with van der Waals surface area (Å²) in [4.78, 5) is 24.6. The van der Waals surface area contributed by atoms with Crippen LogP contribution >= 0.6 is 34.8 Å². The van der Waals surface area contributed by atoms with Crippen molar-refractivity contribution < 1.29 is 19.1 Å². The average Bonchev–Trinajstić information content (AvgIpc) is 2.66. The fourth-order valence-electron chi connectivity index (χ4n) is 2.74. The first kappa shape index (κ1) is 25.1. The number of halogens is 3. The van der Waals surface area contributed by atoms with Crippen molar-refractivity contribution >= 4 is 46.7 Å². The lowest BCUT2D eigenvalue weighted by Gasteiger charge is -2.17. The predicted molar refractivity (Wildman–Crippen MR) is 114 cm³/mol. The van der Waals surface area contributed by atoms with Crippen molar-refractivity contribution in [1.82, 2.24) is 0 Å². The second kappa shape index (κ2) is 14.1. The standard InChI is InChI=1S/C21H29Cl3O4/c1-2-3-4-5-6-10-13-18(14-19(25)28-16-21(22,23)24)20(26)27-15-17-11-8-7-9-12-17/h7-9,11-12,18H,2-6,10,13-16H2,1H3/t18-/m1/s1. The number of ether oxygens (including phenoxy) is 2. The Balaban J connectivity index is 2.52. The van der Waals surface area contributed by atoms with Gasteiger partial charge >= 0.3 is 11.9 Å². The van der Waals surface area contributed by atoms with Crippen LogP contribution in [-0.2, 0) is 25.7 Å². The highest BCUT2D eigenvalue weighted by Gasteiger charge is 2.27. The Morgan fingerprint density at radius 2 is 1.61 bits per heavy atom. The van der Waals surface area contributed by atoms with E-state index in [1.807, 2.05) is 30.3 Å². The molecule has 1 aromatic rings. The minimum atomic E-state index is -1.67. The summed E-state index contributed by atoms with van der Waals surface area (Å²) in [7, 11) is 0. The molecule has 0 heterocycles. The highest BCUT2D eigenvalue weighted by molar-refractivity contribution is 6.67. The third-order valence-corrected chi connectivity index (χ3v) is 4.60. The van der Waals surface area contributed by atoms with E-state index in [0.29, 0.717) is 6.42 Å². The zero-order chi connectivity index (χ0) is 20.8. The molecule has 7 heteroatoms. The number of carbonyl (C=O) groups excluding carboxylic acids is 2. The first-order valence-corrected chi connectivity index (χ1v) is 10.9. The van der Waals surface area contributed by atoms with Gasteiger partial charge < -0.3 is 9.47 Å². The molecule has 0 saturated heterocycles. The van der Waals surface area contributed by atoms with Gasteiger partial charge in [-0.15, -0.1) is 0 Å². The van der Waals surface area contributed by atoms with Crippen LogP contribution in [-0.4, -0.2) is 22.3 Å². The number of unbranched alkanes of at least 4 members (excludes halogenated alkanes) is 5. The van der Waals surface area contributed by atoms with Crippen LogP contribution in [0, 0.1) is 5.92 Å². The maximum Gasteiger partial charge on any atom is 0.309 e. The molecule has 0 N–H and O–H groups in total. The van der Waals surface area contributed by atoms with E-state index in [-0.39, 0.29) is 19.6 Å². The van der Waals surface area contributed by atoms with Gasteiger partial charge in [-0.3, -0.25) is 9.59 Å². The number of esters is 2. The average molecular weight is 452 g/mol. The molecule has 1 rings (SSSR count). The van der Waals surface area contributed by atoms with E-state index >= 15 is 0 Å². The number of rotatable bonds is 13. The van der Waals surface area contributed by atoms with Gasteiger partial charge in [0.25, 0.3) is 0 Å². The van der Waals surface area contributed by atoms with Gasteiger partial charge in [0, 0.05) is 0 Å². The second-order valence-electron chi connectivity index (χ2n) is 6.83. The molecule has 0 spiro atoms. The highest BCUT2D eigenvalue weighted by Crippen LogP contribution is 2.26. The number of hydrogen-bond acceptors (Lipinski definition) is 4. The molecule has 0 aliphatic carbocycles. The molecule has 0 radical (unpaired) electrons. The molecule has 0 aromatic heterocycles. The number of carbonyl (C=O) groups is 2. The van der Waals surface area contributed by atoms with E-state index in [1.54, 1.807) is 0 Å². The molecule has 158 valence electrons. The van der Waals surface area contributed by atoms with E-state index in [9.17, 15) is 9.59 Å². The molecule has 0 saturated carbocycles. The molecular weight excluding hydrogens is 423 g/mol. The van der Waals surface area contributed by atoms with Crippen molar-refractivity contribution in [2.45, 2.75) is 68.7 Å². The smallest absolute Gasteiger partial charge is 0.309 e. The van der Waals surface area contributed by atoms with Gasteiger partial charge in [0.1, 0.15) is 13.2 Å². The Morgan fingerprint density at radius 3 is 2.25 bits per heavy atom. The molecule has 0 fully saturated rings. The Bertz CT molecular complexity index is 573. The topological polar surface area (TPSA) is 52.6 Å². The van der Waals surface area contributed by atoms with Crippen LogP contribution in [0.25, 0.3) is 0 Å². The fourth-order valence-corrected chi connectivity index (χ4v) is 2.91. The maximum absolute atomic E-state index is 12.5. The van der Waals surface area contributed by atoms with Crippen LogP contribution in [0.4, 0.5) is 0 Å². The number of alkyl halides is 3. The minimum Gasteiger partial charge on any atom is -0.461 e. The summed E-state index contributed by atoms with van der Waals surface area (Å²) in [5.74, 6) is -1.53. The SMILES string of the molecule is CCCCCCCC[C@H](CC(=O)OCC(Cl)(Cl)Cl)C(=O)OCc1ccccc1. The van der Waals surface area contributed by atoms with Gasteiger partial charge in [-0.05, 0) is 12.0 Å². The monoisotopic (exact) mass is 450 g/mol. The van der Waals surface area contributed by atoms with Crippen molar-refractivity contribution in [1.29, 1.82) is 0 Å². The summed E-state index contributed by atoms with van der Waals surface area (Å²) in [6.45, 7) is 2.00. The molecular formula is C21H29Cl3O4. The zero-order valence-electron chi connectivity index (χ0n) is 16.3. The van der Waals surface area contributed by atoms with Gasteiger partial charge in [0.05, 0.1) is 12.3 Å². The van der Waals surface area contributed by atoms with Gasteiger partial charge in [0.15, 0.2) is 0 Å². The van der Waals surface area contributed by atoms with E-state index in [0.717, 1.165) is 24.8 Å². The van der Waals surface area contributed by atoms with Crippen LogP contribution in [0.1, 0.15) is 63.9 Å². The third kappa shape index (κ3) is 12.5. The van der Waals surface area contributed by atoms with Crippen molar-refractivity contribution in [3.8, 4) is 0 Å². The number of hydrogen-bond donors (Lipinski definition) is 0. The van der Waals surface area contributed by atoms with E-state index in [4.69, 9.17) is 44.3 Å². The van der Waals surface area contributed by atoms with Crippen molar-refractivity contribution in [3.05, 3.63) is 35.9 Å². The summed E-state index contributed by atoms with van der Waals surface area (Å²) < 4.78 is 8.71. The van der Waals surface area contributed by atoms with Crippen LogP contribution < -0.4 is 0 Å². The first-order valence-electron chi connectivity index (χ1n) is 9.74. The highest BCUT2D eigenvalue weighted by atomic mass is 35.6. The molecule has 0 bridgehead atoms. The second-order valence-corrected chi connectivity index (χ2v) is 9.34.